The summed E-state index contributed by atoms with van der Waals surface area (Å²) >= 11 is 0. The molecule has 0 aliphatic carbocycles. The molecule has 1 aromatic rings. The van der Waals surface area contributed by atoms with Gasteiger partial charge < -0.3 is 15.4 Å². The molecule has 0 saturated carbocycles. The maximum Gasteiger partial charge on any atom is 0.0640 e. The Balaban J connectivity index is 2.75. The van der Waals surface area contributed by atoms with Crippen molar-refractivity contribution < 1.29 is 4.74 Å². The molecule has 0 amide bonds. The zero-order valence-electron chi connectivity index (χ0n) is 11.8. The molecular weight excluding hydrogens is 238 g/mol. The Hall–Kier alpha value is -1.57. The molecule has 1 aromatic carbocycles. The maximum atomic E-state index is 8.71. The third-order valence-electron chi connectivity index (χ3n) is 3.19. The lowest BCUT2D eigenvalue weighted by atomic mass is 10.1. The molecule has 2 N–H and O–H groups in total. The Bertz CT molecular complexity index is 397. The third-order valence-corrected chi connectivity index (χ3v) is 3.19. The van der Waals surface area contributed by atoms with Crippen molar-refractivity contribution in [3.05, 3.63) is 29.8 Å². The number of methoxy groups -OCH3 is 1. The van der Waals surface area contributed by atoms with Crippen LogP contribution < -0.4 is 10.6 Å². The Morgan fingerprint density at radius 2 is 2.00 bits per heavy atom. The van der Waals surface area contributed by atoms with E-state index in [4.69, 9.17) is 15.7 Å². The minimum absolute atomic E-state index is 0.0978. The van der Waals surface area contributed by atoms with Gasteiger partial charge in [-0.05, 0) is 24.1 Å². The number of nitrogens with two attached hydrogens (primary N) is 1. The fourth-order valence-corrected chi connectivity index (χ4v) is 1.92. The van der Waals surface area contributed by atoms with Crippen molar-refractivity contribution in [3.63, 3.8) is 0 Å². The molecule has 104 valence electrons. The van der Waals surface area contributed by atoms with Crippen LogP contribution in [0.3, 0.4) is 0 Å². The van der Waals surface area contributed by atoms with E-state index in [1.165, 1.54) is 0 Å². The van der Waals surface area contributed by atoms with E-state index >= 15 is 0 Å². The molecule has 0 heterocycles. The number of anilines is 1. The van der Waals surface area contributed by atoms with Gasteiger partial charge in [-0.2, -0.15) is 5.26 Å². The van der Waals surface area contributed by atoms with Gasteiger partial charge in [-0.25, -0.2) is 0 Å². The molecule has 0 radical (unpaired) electrons. The quantitative estimate of drug-likeness (QED) is 0.781. The van der Waals surface area contributed by atoms with Crippen LogP contribution in [0.4, 0.5) is 5.69 Å². The molecule has 1 rings (SSSR count). The molecule has 19 heavy (non-hydrogen) atoms. The van der Waals surface area contributed by atoms with Gasteiger partial charge in [0, 0.05) is 31.9 Å². The van der Waals surface area contributed by atoms with E-state index in [1.807, 2.05) is 0 Å². The van der Waals surface area contributed by atoms with Crippen molar-refractivity contribution in [2.24, 2.45) is 5.73 Å². The molecule has 0 spiro atoms. The minimum atomic E-state index is 0.0978. The summed E-state index contributed by atoms with van der Waals surface area (Å²) in [5, 5.41) is 8.71. The van der Waals surface area contributed by atoms with Crippen LogP contribution in [0.5, 0.6) is 0 Å². The van der Waals surface area contributed by atoms with Gasteiger partial charge in [0.05, 0.1) is 19.1 Å². The van der Waals surface area contributed by atoms with Gasteiger partial charge in [0.2, 0.25) is 0 Å². The fourth-order valence-electron chi connectivity index (χ4n) is 1.92. The monoisotopic (exact) mass is 261 g/mol. The number of hydrogen-bond donors (Lipinski definition) is 1. The second-order valence-corrected chi connectivity index (χ2v) is 4.49. The number of nitriles is 1. The third kappa shape index (κ3) is 4.90. The summed E-state index contributed by atoms with van der Waals surface area (Å²) < 4.78 is 5.11. The summed E-state index contributed by atoms with van der Waals surface area (Å²) in [6.07, 6.45) is 1.45. The van der Waals surface area contributed by atoms with Crippen LogP contribution in [0.15, 0.2) is 24.3 Å². The van der Waals surface area contributed by atoms with Crippen LogP contribution in [-0.2, 0) is 4.74 Å². The van der Waals surface area contributed by atoms with Gasteiger partial charge in [-0.1, -0.05) is 19.1 Å². The topological polar surface area (TPSA) is 62.3 Å². The van der Waals surface area contributed by atoms with E-state index in [0.29, 0.717) is 13.0 Å². The molecule has 0 aliphatic rings. The standard InChI is InChI=1S/C15H23N3O/c1-3-15(17)13-5-7-14(8-6-13)18(10-4-9-16)11-12-19-2/h5-8,15H,3-4,10-12,17H2,1-2H3/t15-/m1/s1. The van der Waals surface area contributed by atoms with Crippen molar-refractivity contribution in [2.45, 2.75) is 25.8 Å². The number of rotatable bonds is 8. The first kappa shape index (κ1) is 15.5. The van der Waals surface area contributed by atoms with Gasteiger partial charge >= 0.3 is 0 Å². The Morgan fingerprint density at radius 1 is 1.32 bits per heavy atom. The van der Waals surface area contributed by atoms with Crippen LogP contribution >= 0.6 is 0 Å². The molecule has 0 aliphatic heterocycles. The first-order chi connectivity index (χ1) is 9.22. The molecule has 0 fully saturated rings. The average molecular weight is 261 g/mol. The molecule has 0 aromatic heterocycles. The first-order valence-electron chi connectivity index (χ1n) is 6.69. The lowest BCUT2D eigenvalue weighted by Gasteiger charge is -2.24. The molecule has 1 atom stereocenters. The zero-order valence-corrected chi connectivity index (χ0v) is 11.8. The van der Waals surface area contributed by atoms with E-state index in [9.17, 15) is 0 Å². The van der Waals surface area contributed by atoms with Crippen molar-refractivity contribution in [1.82, 2.24) is 0 Å². The number of ether oxygens (including phenoxy) is 1. The maximum absolute atomic E-state index is 8.71. The molecule has 0 bridgehead atoms. The molecular formula is C15H23N3O. The Labute approximate surface area is 115 Å². The van der Waals surface area contributed by atoms with Crippen LogP contribution in [0, 0.1) is 11.3 Å². The van der Waals surface area contributed by atoms with E-state index in [-0.39, 0.29) is 6.04 Å². The van der Waals surface area contributed by atoms with Crippen molar-refractivity contribution in [3.8, 4) is 6.07 Å². The minimum Gasteiger partial charge on any atom is -0.383 e. The highest BCUT2D eigenvalue weighted by Crippen LogP contribution is 2.19. The number of hydrogen-bond acceptors (Lipinski definition) is 4. The number of benzene rings is 1. The van der Waals surface area contributed by atoms with Crippen molar-refractivity contribution >= 4 is 5.69 Å². The molecule has 0 unspecified atom stereocenters. The zero-order chi connectivity index (χ0) is 14.1. The van der Waals surface area contributed by atoms with Gasteiger partial charge in [-0.3, -0.25) is 0 Å². The lowest BCUT2D eigenvalue weighted by molar-refractivity contribution is 0.205. The Kier molecular flexibility index (Phi) is 6.94. The van der Waals surface area contributed by atoms with Crippen LogP contribution in [-0.4, -0.2) is 26.8 Å². The largest absolute Gasteiger partial charge is 0.383 e. The van der Waals surface area contributed by atoms with E-state index < -0.39 is 0 Å². The Morgan fingerprint density at radius 3 is 2.53 bits per heavy atom. The van der Waals surface area contributed by atoms with Crippen LogP contribution in [0.1, 0.15) is 31.4 Å². The smallest absolute Gasteiger partial charge is 0.0640 e. The van der Waals surface area contributed by atoms with Crippen LogP contribution in [0.25, 0.3) is 0 Å². The van der Waals surface area contributed by atoms with Crippen LogP contribution in [0.2, 0.25) is 0 Å². The predicted octanol–water partition coefficient (Wildman–Crippen LogP) is 2.46. The predicted molar refractivity (Wildman–Crippen MR) is 78.0 cm³/mol. The highest BCUT2D eigenvalue weighted by Gasteiger charge is 2.08. The second kappa shape index (κ2) is 8.52. The van der Waals surface area contributed by atoms with Crippen molar-refractivity contribution in [1.29, 1.82) is 5.26 Å². The average Bonchev–Trinajstić information content (AvgIpc) is 2.47. The normalized spacial score (nSPS) is 11.9. The number of nitrogens with zero attached hydrogens (tertiary/aromatic N) is 2. The van der Waals surface area contributed by atoms with Gasteiger partial charge in [0.1, 0.15) is 0 Å². The van der Waals surface area contributed by atoms with E-state index in [0.717, 1.165) is 30.8 Å². The first-order valence-corrected chi connectivity index (χ1v) is 6.69. The summed E-state index contributed by atoms with van der Waals surface area (Å²) in [5.41, 5.74) is 8.27. The van der Waals surface area contributed by atoms with Crippen molar-refractivity contribution in [2.75, 3.05) is 31.7 Å². The highest BCUT2D eigenvalue weighted by atomic mass is 16.5. The van der Waals surface area contributed by atoms with E-state index in [2.05, 4.69) is 42.2 Å². The molecule has 0 saturated heterocycles. The summed E-state index contributed by atoms with van der Waals surface area (Å²) in [5.74, 6) is 0. The lowest BCUT2D eigenvalue weighted by Crippen LogP contribution is -2.28. The SMILES string of the molecule is CC[C@@H](N)c1ccc(N(CCC#N)CCOC)cc1. The van der Waals surface area contributed by atoms with Gasteiger partial charge in [-0.15, -0.1) is 0 Å². The molecule has 4 heteroatoms. The summed E-state index contributed by atoms with van der Waals surface area (Å²) in [6, 6.07) is 10.5. The van der Waals surface area contributed by atoms with Gasteiger partial charge in [0.15, 0.2) is 0 Å². The fraction of sp³-hybridized carbons (Fsp3) is 0.533. The summed E-state index contributed by atoms with van der Waals surface area (Å²) in [4.78, 5) is 2.16. The van der Waals surface area contributed by atoms with E-state index in [1.54, 1.807) is 7.11 Å². The summed E-state index contributed by atoms with van der Waals surface area (Å²) in [7, 11) is 1.69. The van der Waals surface area contributed by atoms with Gasteiger partial charge in [0.25, 0.3) is 0 Å². The highest BCUT2D eigenvalue weighted by molar-refractivity contribution is 5.48. The second-order valence-electron chi connectivity index (χ2n) is 4.49. The molecule has 4 nitrogen and oxygen atoms in total. The summed E-state index contributed by atoms with van der Waals surface area (Å²) in [6.45, 7) is 4.24.